The van der Waals surface area contributed by atoms with E-state index in [1.807, 2.05) is 13.8 Å². The maximum Gasteiger partial charge on any atom is 0.119 e. The Kier molecular flexibility index (Phi) is 6.36. The molecular formula is C17H29NO. The molecule has 0 saturated carbocycles. The third-order valence-corrected chi connectivity index (χ3v) is 3.11. The minimum absolute atomic E-state index is 0.229. The summed E-state index contributed by atoms with van der Waals surface area (Å²) >= 11 is 0. The second-order valence-corrected chi connectivity index (χ2v) is 6.15. The average molecular weight is 263 g/mol. The van der Waals surface area contributed by atoms with Gasteiger partial charge in [-0.2, -0.15) is 0 Å². The van der Waals surface area contributed by atoms with E-state index in [2.05, 4.69) is 57.3 Å². The molecule has 2 unspecified atom stereocenters. The fourth-order valence-corrected chi connectivity index (χ4v) is 2.41. The van der Waals surface area contributed by atoms with Gasteiger partial charge >= 0.3 is 0 Å². The van der Waals surface area contributed by atoms with Crippen molar-refractivity contribution in [3.63, 3.8) is 0 Å². The summed E-state index contributed by atoms with van der Waals surface area (Å²) < 4.78 is 5.66. The summed E-state index contributed by atoms with van der Waals surface area (Å²) in [6.07, 6.45) is 1.44. The van der Waals surface area contributed by atoms with Crippen LogP contribution in [0.1, 0.15) is 59.6 Å². The zero-order chi connectivity index (χ0) is 14.4. The third kappa shape index (κ3) is 6.11. The molecule has 2 nitrogen and oxygen atoms in total. The summed E-state index contributed by atoms with van der Waals surface area (Å²) in [4.78, 5) is 0. The molecule has 0 spiro atoms. The van der Waals surface area contributed by atoms with Gasteiger partial charge in [-0.25, -0.2) is 0 Å². The van der Waals surface area contributed by atoms with Crippen molar-refractivity contribution in [3.05, 3.63) is 29.8 Å². The van der Waals surface area contributed by atoms with Crippen LogP contribution in [0.5, 0.6) is 5.75 Å². The smallest absolute Gasteiger partial charge is 0.119 e. The van der Waals surface area contributed by atoms with Crippen molar-refractivity contribution < 1.29 is 4.74 Å². The summed E-state index contributed by atoms with van der Waals surface area (Å²) in [7, 11) is 0. The molecule has 0 aliphatic heterocycles. The van der Waals surface area contributed by atoms with E-state index < -0.39 is 0 Å². The monoisotopic (exact) mass is 263 g/mol. The molecule has 1 N–H and O–H groups in total. The molecular weight excluding hydrogens is 234 g/mol. The van der Waals surface area contributed by atoms with Gasteiger partial charge in [0.1, 0.15) is 5.75 Å². The van der Waals surface area contributed by atoms with Crippen molar-refractivity contribution in [1.29, 1.82) is 0 Å². The summed E-state index contributed by atoms with van der Waals surface area (Å²) in [5.74, 6) is 1.68. The van der Waals surface area contributed by atoms with Crippen LogP contribution in [0.4, 0.5) is 0 Å². The molecule has 108 valence electrons. The lowest BCUT2D eigenvalue weighted by Gasteiger charge is -2.22. The minimum atomic E-state index is 0.229. The van der Waals surface area contributed by atoms with E-state index in [-0.39, 0.29) is 6.10 Å². The molecule has 1 aromatic rings. The van der Waals surface area contributed by atoms with Crippen LogP contribution < -0.4 is 10.1 Å². The second kappa shape index (κ2) is 7.54. The second-order valence-electron chi connectivity index (χ2n) is 6.15. The maximum atomic E-state index is 5.66. The van der Waals surface area contributed by atoms with Crippen molar-refractivity contribution in [1.82, 2.24) is 5.32 Å². The fourth-order valence-electron chi connectivity index (χ4n) is 2.41. The standard InChI is InChI=1S/C17H29NO/c1-12(2)11-14(5)18-15(6)16-7-9-17(10-8-16)19-13(3)4/h7-10,12-15,18H,11H2,1-6H3. The lowest BCUT2D eigenvalue weighted by atomic mass is 10.0. The molecule has 1 aromatic carbocycles. The molecule has 0 amide bonds. The predicted octanol–water partition coefficient (Wildman–Crippen LogP) is 4.56. The zero-order valence-corrected chi connectivity index (χ0v) is 13.2. The molecule has 0 bridgehead atoms. The minimum Gasteiger partial charge on any atom is -0.491 e. The Morgan fingerprint density at radius 2 is 1.53 bits per heavy atom. The molecule has 2 atom stereocenters. The highest BCUT2D eigenvalue weighted by molar-refractivity contribution is 5.29. The summed E-state index contributed by atoms with van der Waals surface area (Å²) in [5.41, 5.74) is 1.31. The first-order chi connectivity index (χ1) is 8.88. The van der Waals surface area contributed by atoms with E-state index >= 15 is 0 Å². The predicted molar refractivity (Wildman–Crippen MR) is 82.7 cm³/mol. The van der Waals surface area contributed by atoms with Crippen molar-refractivity contribution in [2.45, 2.75) is 66.2 Å². The molecule has 0 fully saturated rings. The van der Waals surface area contributed by atoms with E-state index in [4.69, 9.17) is 4.74 Å². The summed E-state index contributed by atoms with van der Waals surface area (Å²) in [5, 5.41) is 3.65. The fraction of sp³-hybridized carbons (Fsp3) is 0.647. The first-order valence-electron chi connectivity index (χ1n) is 7.41. The maximum absolute atomic E-state index is 5.66. The summed E-state index contributed by atoms with van der Waals surface area (Å²) in [6, 6.07) is 9.33. The lowest BCUT2D eigenvalue weighted by Crippen LogP contribution is -2.30. The third-order valence-electron chi connectivity index (χ3n) is 3.11. The molecule has 0 heterocycles. The Hall–Kier alpha value is -1.02. The number of benzene rings is 1. The molecule has 0 saturated heterocycles. The Morgan fingerprint density at radius 3 is 2.00 bits per heavy atom. The van der Waals surface area contributed by atoms with Gasteiger partial charge in [0.2, 0.25) is 0 Å². The van der Waals surface area contributed by atoms with Gasteiger partial charge in [-0.15, -0.1) is 0 Å². The van der Waals surface area contributed by atoms with Gasteiger partial charge in [-0.1, -0.05) is 26.0 Å². The molecule has 19 heavy (non-hydrogen) atoms. The van der Waals surface area contributed by atoms with Gasteiger partial charge in [-0.05, 0) is 57.7 Å². The van der Waals surface area contributed by atoms with Gasteiger partial charge in [-0.3, -0.25) is 0 Å². The van der Waals surface area contributed by atoms with E-state index in [9.17, 15) is 0 Å². The van der Waals surface area contributed by atoms with Crippen LogP contribution in [0.25, 0.3) is 0 Å². The van der Waals surface area contributed by atoms with Crippen LogP contribution in [0.3, 0.4) is 0 Å². The Bertz CT molecular complexity index is 356. The normalized spacial score (nSPS) is 14.7. The highest BCUT2D eigenvalue weighted by Gasteiger charge is 2.11. The van der Waals surface area contributed by atoms with Crippen molar-refractivity contribution >= 4 is 0 Å². The van der Waals surface area contributed by atoms with Crippen molar-refractivity contribution in [2.24, 2.45) is 5.92 Å². The summed E-state index contributed by atoms with van der Waals surface area (Å²) in [6.45, 7) is 13.1. The van der Waals surface area contributed by atoms with Gasteiger partial charge in [0.05, 0.1) is 6.10 Å². The van der Waals surface area contributed by atoms with Gasteiger partial charge < -0.3 is 10.1 Å². The average Bonchev–Trinajstić information content (AvgIpc) is 2.27. The molecule has 0 aromatic heterocycles. The highest BCUT2D eigenvalue weighted by atomic mass is 16.5. The van der Waals surface area contributed by atoms with E-state index in [0.29, 0.717) is 12.1 Å². The Labute approximate surface area is 118 Å². The van der Waals surface area contributed by atoms with E-state index in [0.717, 1.165) is 11.7 Å². The van der Waals surface area contributed by atoms with Crippen molar-refractivity contribution in [2.75, 3.05) is 0 Å². The first-order valence-corrected chi connectivity index (χ1v) is 7.41. The SMILES string of the molecule is CC(C)CC(C)NC(C)c1ccc(OC(C)C)cc1. The number of rotatable bonds is 7. The molecule has 2 heteroatoms. The number of hydrogen-bond donors (Lipinski definition) is 1. The van der Waals surface area contributed by atoms with Gasteiger partial charge in [0, 0.05) is 12.1 Å². The molecule has 0 aliphatic rings. The first kappa shape index (κ1) is 16.0. The largest absolute Gasteiger partial charge is 0.491 e. The highest BCUT2D eigenvalue weighted by Crippen LogP contribution is 2.19. The van der Waals surface area contributed by atoms with Crippen LogP contribution in [0.2, 0.25) is 0 Å². The van der Waals surface area contributed by atoms with Gasteiger partial charge in [0.25, 0.3) is 0 Å². The number of hydrogen-bond acceptors (Lipinski definition) is 2. The van der Waals surface area contributed by atoms with Gasteiger partial charge in [0.15, 0.2) is 0 Å². The van der Waals surface area contributed by atoms with Crippen LogP contribution in [0.15, 0.2) is 24.3 Å². The quantitative estimate of drug-likeness (QED) is 0.778. The Balaban J connectivity index is 2.55. The topological polar surface area (TPSA) is 21.3 Å². The van der Waals surface area contributed by atoms with Crippen LogP contribution >= 0.6 is 0 Å². The zero-order valence-electron chi connectivity index (χ0n) is 13.2. The van der Waals surface area contributed by atoms with E-state index in [1.165, 1.54) is 12.0 Å². The Morgan fingerprint density at radius 1 is 0.947 bits per heavy atom. The molecule has 0 aliphatic carbocycles. The van der Waals surface area contributed by atoms with E-state index in [1.54, 1.807) is 0 Å². The molecule has 1 rings (SSSR count). The van der Waals surface area contributed by atoms with Crippen LogP contribution in [-0.2, 0) is 0 Å². The van der Waals surface area contributed by atoms with Crippen molar-refractivity contribution in [3.8, 4) is 5.75 Å². The number of ether oxygens (including phenoxy) is 1. The van der Waals surface area contributed by atoms with Crippen LogP contribution in [0, 0.1) is 5.92 Å². The lowest BCUT2D eigenvalue weighted by molar-refractivity contribution is 0.242. The molecule has 0 radical (unpaired) electrons. The van der Waals surface area contributed by atoms with Crippen LogP contribution in [-0.4, -0.2) is 12.1 Å². The number of nitrogens with one attached hydrogen (secondary N) is 1.